The van der Waals surface area contributed by atoms with Gasteiger partial charge in [0.15, 0.2) is 0 Å². The quantitative estimate of drug-likeness (QED) is 0.751. The average molecular weight is 286 g/mol. The van der Waals surface area contributed by atoms with E-state index in [0.717, 1.165) is 10.9 Å². The number of rotatable bonds is 4. The molecule has 0 bridgehead atoms. The highest BCUT2D eigenvalue weighted by atomic mass is 14.9. The van der Waals surface area contributed by atoms with Crippen molar-refractivity contribution < 1.29 is 0 Å². The van der Waals surface area contributed by atoms with Crippen LogP contribution in [-0.4, -0.2) is 0 Å². The van der Waals surface area contributed by atoms with Crippen LogP contribution in [0.25, 0.3) is 10.8 Å². The molecule has 0 heterocycles. The molecule has 2 heteroatoms. The molecule has 0 amide bonds. The van der Waals surface area contributed by atoms with E-state index in [0.29, 0.717) is 0 Å². The first-order valence-electron chi connectivity index (χ1n) is 7.47. The van der Waals surface area contributed by atoms with Gasteiger partial charge in [-0.1, -0.05) is 66.7 Å². The van der Waals surface area contributed by atoms with Crippen molar-refractivity contribution >= 4 is 10.8 Å². The van der Waals surface area contributed by atoms with Crippen molar-refractivity contribution in [3.05, 3.63) is 83.9 Å². The number of hydrogen-bond acceptors (Lipinski definition) is 2. The summed E-state index contributed by atoms with van der Waals surface area (Å²) in [5.74, 6) is 0. The molecule has 0 saturated heterocycles. The Labute approximate surface area is 131 Å². The number of nitrogens with one attached hydrogen (secondary N) is 1. The summed E-state index contributed by atoms with van der Waals surface area (Å²) in [5.41, 5.74) is 2.19. The Bertz CT molecular complexity index is 803. The lowest BCUT2D eigenvalue weighted by Crippen LogP contribution is -2.23. The number of nitrogens with zero attached hydrogens (tertiary/aromatic N) is 1. The molecule has 2 atom stereocenters. The first kappa shape index (κ1) is 14.3. The number of fused-ring (bicyclic) bond motifs is 1. The van der Waals surface area contributed by atoms with Crippen LogP contribution in [0.4, 0.5) is 0 Å². The summed E-state index contributed by atoms with van der Waals surface area (Å²) in [7, 11) is 0. The van der Waals surface area contributed by atoms with Gasteiger partial charge in [-0.05, 0) is 34.9 Å². The van der Waals surface area contributed by atoms with E-state index < -0.39 is 0 Å². The van der Waals surface area contributed by atoms with Gasteiger partial charge in [-0.15, -0.1) is 0 Å². The van der Waals surface area contributed by atoms with Gasteiger partial charge in [0.2, 0.25) is 0 Å². The van der Waals surface area contributed by atoms with Crippen molar-refractivity contribution in [1.29, 1.82) is 5.26 Å². The molecule has 3 aromatic rings. The normalized spacial score (nSPS) is 13.5. The molecule has 1 N–H and O–H groups in total. The molecule has 0 aromatic heterocycles. The molecule has 22 heavy (non-hydrogen) atoms. The van der Waals surface area contributed by atoms with E-state index >= 15 is 0 Å². The van der Waals surface area contributed by atoms with E-state index in [1.807, 2.05) is 36.4 Å². The highest BCUT2D eigenvalue weighted by Gasteiger charge is 2.15. The SMILES string of the molecule is C[C@@H](N[C@H](C#N)c1ccc2ccccc2c1)c1ccccc1. The van der Waals surface area contributed by atoms with E-state index in [4.69, 9.17) is 0 Å². The molecule has 0 unspecified atom stereocenters. The summed E-state index contributed by atoms with van der Waals surface area (Å²) in [6, 6.07) is 26.8. The second kappa shape index (κ2) is 6.43. The third-order valence-electron chi connectivity index (χ3n) is 3.95. The molecule has 0 aliphatic heterocycles. The molecule has 3 rings (SSSR count). The fourth-order valence-corrected chi connectivity index (χ4v) is 2.68. The van der Waals surface area contributed by atoms with Crippen LogP contribution < -0.4 is 5.32 Å². The van der Waals surface area contributed by atoms with E-state index in [-0.39, 0.29) is 12.1 Å². The van der Waals surface area contributed by atoms with Crippen molar-refractivity contribution in [2.75, 3.05) is 0 Å². The topological polar surface area (TPSA) is 35.8 Å². The van der Waals surface area contributed by atoms with Crippen molar-refractivity contribution in [2.45, 2.75) is 19.0 Å². The molecule has 108 valence electrons. The zero-order valence-corrected chi connectivity index (χ0v) is 12.5. The Morgan fingerprint density at radius 3 is 2.23 bits per heavy atom. The molecule has 0 spiro atoms. The second-order valence-electron chi connectivity index (χ2n) is 5.47. The summed E-state index contributed by atoms with van der Waals surface area (Å²) in [5, 5.41) is 15.3. The van der Waals surface area contributed by atoms with E-state index in [2.05, 4.69) is 54.7 Å². The maximum absolute atomic E-state index is 9.53. The zero-order chi connectivity index (χ0) is 15.4. The summed E-state index contributed by atoms with van der Waals surface area (Å²) in [4.78, 5) is 0. The maximum Gasteiger partial charge on any atom is 0.121 e. The Morgan fingerprint density at radius 2 is 1.50 bits per heavy atom. The van der Waals surface area contributed by atoms with Gasteiger partial charge in [0.1, 0.15) is 6.04 Å². The lowest BCUT2D eigenvalue weighted by molar-refractivity contribution is 0.533. The summed E-state index contributed by atoms with van der Waals surface area (Å²) in [6.45, 7) is 2.08. The Hall–Kier alpha value is -2.63. The highest BCUT2D eigenvalue weighted by molar-refractivity contribution is 5.83. The summed E-state index contributed by atoms with van der Waals surface area (Å²) >= 11 is 0. The Morgan fingerprint density at radius 1 is 0.818 bits per heavy atom. The minimum atomic E-state index is -0.320. The van der Waals surface area contributed by atoms with Gasteiger partial charge < -0.3 is 0 Å². The van der Waals surface area contributed by atoms with Crippen LogP contribution in [0.5, 0.6) is 0 Å². The summed E-state index contributed by atoms with van der Waals surface area (Å²) in [6.07, 6.45) is 0. The molecular weight excluding hydrogens is 268 g/mol. The van der Waals surface area contributed by atoms with Gasteiger partial charge in [0.05, 0.1) is 6.07 Å². The minimum Gasteiger partial charge on any atom is -0.292 e. The molecule has 0 aliphatic carbocycles. The van der Waals surface area contributed by atoms with E-state index in [9.17, 15) is 5.26 Å². The molecule has 0 radical (unpaired) electrons. The Balaban J connectivity index is 1.85. The Kier molecular flexibility index (Phi) is 4.18. The molecule has 3 aromatic carbocycles. The predicted molar refractivity (Wildman–Crippen MR) is 90.3 cm³/mol. The number of hydrogen-bond donors (Lipinski definition) is 1. The smallest absolute Gasteiger partial charge is 0.121 e. The predicted octanol–water partition coefficient (Wildman–Crippen LogP) is 4.76. The second-order valence-corrected chi connectivity index (χ2v) is 5.47. The van der Waals surface area contributed by atoms with Gasteiger partial charge >= 0.3 is 0 Å². The lowest BCUT2D eigenvalue weighted by atomic mass is 10.0. The number of benzene rings is 3. The molecule has 0 fully saturated rings. The van der Waals surface area contributed by atoms with Gasteiger partial charge in [0.25, 0.3) is 0 Å². The van der Waals surface area contributed by atoms with Crippen molar-refractivity contribution in [3.63, 3.8) is 0 Å². The third-order valence-corrected chi connectivity index (χ3v) is 3.95. The van der Waals surface area contributed by atoms with Crippen LogP contribution in [0, 0.1) is 11.3 Å². The standard InChI is InChI=1S/C20H18N2/c1-15(16-7-3-2-4-8-16)22-20(14-21)19-12-11-17-9-5-6-10-18(17)13-19/h2-13,15,20,22H,1H3/t15-,20-/m1/s1. The average Bonchev–Trinajstić information content (AvgIpc) is 2.59. The van der Waals surface area contributed by atoms with Crippen LogP contribution in [0.3, 0.4) is 0 Å². The maximum atomic E-state index is 9.53. The van der Waals surface area contributed by atoms with E-state index in [1.54, 1.807) is 0 Å². The monoisotopic (exact) mass is 286 g/mol. The first-order valence-corrected chi connectivity index (χ1v) is 7.47. The van der Waals surface area contributed by atoms with Crippen LogP contribution in [0.2, 0.25) is 0 Å². The van der Waals surface area contributed by atoms with Crippen molar-refractivity contribution in [1.82, 2.24) is 5.32 Å². The third kappa shape index (κ3) is 3.00. The minimum absolute atomic E-state index is 0.123. The van der Waals surface area contributed by atoms with Gasteiger partial charge in [0, 0.05) is 6.04 Å². The molecule has 0 saturated carbocycles. The van der Waals surface area contributed by atoms with Crippen LogP contribution in [-0.2, 0) is 0 Å². The van der Waals surface area contributed by atoms with Gasteiger partial charge in [-0.3, -0.25) is 5.32 Å². The van der Waals surface area contributed by atoms with Crippen LogP contribution in [0.1, 0.15) is 30.1 Å². The first-order chi connectivity index (χ1) is 10.8. The lowest BCUT2D eigenvalue weighted by Gasteiger charge is -2.19. The van der Waals surface area contributed by atoms with Crippen molar-refractivity contribution in [2.24, 2.45) is 0 Å². The van der Waals surface area contributed by atoms with Crippen LogP contribution in [0.15, 0.2) is 72.8 Å². The zero-order valence-electron chi connectivity index (χ0n) is 12.5. The largest absolute Gasteiger partial charge is 0.292 e. The van der Waals surface area contributed by atoms with Gasteiger partial charge in [-0.25, -0.2) is 0 Å². The van der Waals surface area contributed by atoms with E-state index in [1.165, 1.54) is 10.9 Å². The fraction of sp³-hybridized carbons (Fsp3) is 0.150. The molecular formula is C20H18N2. The van der Waals surface area contributed by atoms with Crippen LogP contribution >= 0.6 is 0 Å². The van der Waals surface area contributed by atoms with Crippen molar-refractivity contribution in [3.8, 4) is 6.07 Å². The fourth-order valence-electron chi connectivity index (χ4n) is 2.68. The van der Waals surface area contributed by atoms with Gasteiger partial charge in [-0.2, -0.15) is 5.26 Å². The molecule has 0 aliphatic rings. The highest BCUT2D eigenvalue weighted by Crippen LogP contribution is 2.23. The molecule has 2 nitrogen and oxygen atoms in total. The summed E-state index contributed by atoms with van der Waals surface area (Å²) < 4.78 is 0. The number of nitriles is 1.